The molecular formula is C25H31N5O4S2. The summed E-state index contributed by atoms with van der Waals surface area (Å²) in [4.78, 5) is 15.2. The van der Waals surface area contributed by atoms with Crippen molar-refractivity contribution in [2.75, 3.05) is 32.8 Å². The van der Waals surface area contributed by atoms with Gasteiger partial charge in [-0.25, -0.2) is 13.2 Å². The van der Waals surface area contributed by atoms with Crippen LogP contribution in [0.15, 0.2) is 39.9 Å². The van der Waals surface area contributed by atoms with Crippen LogP contribution in [0.3, 0.4) is 0 Å². The molecule has 0 radical (unpaired) electrons. The number of fused-ring (bicyclic) bond motifs is 1. The van der Waals surface area contributed by atoms with Gasteiger partial charge in [-0.1, -0.05) is 12.5 Å². The number of carbonyl (C=O) groups is 1. The fourth-order valence-corrected chi connectivity index (χ4v) is 7.07. The first-order chi connectivity index (χ1) is 17.4. The largest absolute Gasteiger partial charge is 0.460 e. The maximum Gasteiger partial charge on any atom is 0.376 e. The zero-order valence-corrected chi connectivity index (χ0v) is 22.1. The third-order valence-corrected chi connectivity index (χ3v) is 9.49. The Morgan fingerprint density at radius 3 is 2.69 bits per heavy atom. The Hall–Kier alpha value is -2.60. The summed E-state index contributed by atoms with van der Waals surface area (Å²) in [6.07, 6.45) is 4.50. The monoisotopic (exact) mass is 529 g/mol. The number of nitrogens with zero attached hydrogens (tertiary/aromatic N) is 5. The Kier molecular flexibility index (Phi) is 7.52. The smallest absolute Gasteiger partial charge is 0.376 e. The van der Waals surface area contributed by atoms with E-state index in [1.807, 2.05) is 29.0 Å². The quantitative estimate of drug-likeness (QED) is 0.326. The molecule has 0 unspecified atom stereocenters. The Morgan fingerprint density at radius 2 is 1.92 bits per heavy atom. The topological polar surface area (TPSA) is 97.6 Å². The molecule has 0 atom stereocenters. The SMILES string of the molecule is Cn1c(C(=O)OCCCN2CCc3ccc(S(=O)(=O)N4CCCCC4)cc3C2)nnc1-c1ccsc1. The van der Waals surface area contributed by atoms with Gasteiger partial charge >= 0.3 is 5.97 Å². The highest BCUT2D eigenvalue weighted by Gasteiger charge is 2.27. The van der Waals surface area contributed by atoms with Gasteiger partial charge in [-0.2, -0.15) is 15.6 Å². The second kappa shape index (κ2) is 10.8. The number of ether oxygens (including phenoxy) is 1. The number of rotatable bonds is 8. The van der Waals surface area contributed by atoms with E-state index in [1.165, 1.54) is 5.56 Å². The molecule has 1 aromatic carbocycles. The predicted molar refractivity (Wildman–Crippen MR) is 137 cm³/mol. The van der Waals surface area contributed by atoms with Crippen LogP contribution >= 0.6 is 11.3 Å². The average molecular weight is 530 g/mol. The van der Waals surface area contributed by atoms with E-state index < -0.39 is 16.0 Å². The first kappa shape index (κ1) is 25.1. The number of carbonyl (C=O) groups excluding carboxylic acids is 1. The van der Waals surface area contributed by atoms with Gasteiger partial charge in [0.15, 0.2) is 5.82 Å². The van der Waals surface area contributed by atoms with Crippen molar-refractivity contribution in [3.63, 3.8) is 0 Å². The van der Waals surface area contributed by atoms with Gasteiger partial charge in [0, 0.05) is 50.7 Å². The molecule has 1 fully saturated rings. The highest BCUT2D eigenvalue weighted by atomic mass is 32.2. The lowest BCUT2D eigenvalue weighted by atomic mass is 10.00. The molecular weight excluding hydrogens is 498 g/mol. The molecule has 192 valence electrons. The molecule has 0 amide bonds. The summed E-state index contributed by atoms with van der Waals surface area (Å²) < 4.78 is 34.9. The molecule has 0 spiro atoms. The van der Waals surface area contributed by atoms with Crippen LogP contribution in [0.25, 0.3) is 11.4 Å². The summed E-state index contributed by atoms with van der Waals surface area (Å²) in [5, 5.41) is 12.0. The molecule has 9 nitrogen and oxygen atoms in total. The van der Waals surface area contributed by atoms with Crippen molar-refractivity contribution in [1.82, 2.24) is 24.0 Å². The van der Waals surface area contributed by atoms with Crippen LogP contribution in [0.4, 0.5) is 0 Å². The molecule has 0 aliphatic carbocycles. The Labute approximate surface area is 215 Å². The summed E-state index contributed by atoms with van der Waals surface area (Å²) >= 11 is 1.56. The highest BCUT2D eigenvalue weighted by molar-refractivity contribution is 7.89. The second-order valence-electron chi connectivity index (χ2n) is 9.33. The number of hydrogen-bond donors (Lipinski definition) is 0. The fraction of sp³-hybridized carbons (Fsp3) is 0.480. The summed E-state index contributed by atoms with van der Waals surface area (Å²) in [6, 6.07) is 7.52. The van der Waals surface area contributed by atoms with Crippen LogP contribution in [0.1, 0.15) is 47.4 Å². The third kappa shape index (κ3) is 5.24. The van der Waals surface area contributed by atoms with Gasteiger partial charge in [0.05, 0.1) is 11.5 Å². The summed E-state index contributed by atoms with van der Waals surface area (Å²) in [5.74, 6) is 0.338. The standard InChI is InChI=1S/C25H31N5O4S2/c1-28-23(20-9-15-35-18-20)26-27-24(28)25(31)34-14-5-10-29-13-8-19-6-7-22(16-21(19)17-29)36(32,33)30-11-3-2-4-12-30/h6-7,9,15-16,18H,2-5,8,10-14,17H2,1H3. The van der Waals surface area contributed by atoms with Crippen molar-refractivity contribution in [3.8, 4) is 11.4 Å². The van der Waals surface area contributed by atoms with E-state index >= 15 is 0 Å². The van der Waals surface area contributed by atoms with Crippen LogP contribution in [-0.4, -0.2) is 71.1 Å². The summed E-state index contributed by atoms with van der Waals surface area (Å²) in [7, 11) is -1.68. The number of esters is 1. The van der Waals surface area contributed by atoms with E-state index in [1.54, 1.807) is 33.3 Å². The van der Waals surface area contributed by atoms with E-state index in [0.717, 1.165) is 49.9 Å². The molecule has 11 heteroatoms. The lowest BCUT2D eigenvalue weighted by molar-refractivity contribution is 0.0467. The van der Waals surface area contributed by atoms with Crippen molar-refractivity contribution < 1.29 is 17.9 Å². The highest BCUT2D eigenvalue weighted by Crippen LogP contribution is 2.26. The first-order valence-electron chi connectivity index (χ1n) is 12.4. The minimum absolute atomic E-state index is 0.186. The van der Waals surface area contributed by atoms with E-state index in [9.17, 15) is 13.2 Å². The summed E-state index contributed by atoms with van der Waals surface area (Å²) in [5.41, 5.74) is 3.20. The number of thiophene rings is 1. The van der Waals surface area contributed by atoms with Crippen molar-refractivity contribution >= 4 is 27.3 Å². The summed E-state index contributed by atoms with van der Waals surface area (Å²) in [6.45, 7) is 3.84. The molecule has 5 rings (SSSR count). The van der Waals surface area contributed by atoms with Gasteiger partial charge in [0.25, 0.3) is 0 Å². The van der Waals surface area contributed by atoms with E-state index in [4.69, 9.17) is 4.74 Å². The van der Waals surface area contributed by atoms with Crippen molar-refractivity contribution in [1.29, 1.82) is 0 Å². The van der Waals surface area contributed by atoms with Crippen LogP contribution in [0.5, 0.6) is 0 Å². The van der Waals surface area contributed by atoms with Crippen molar-refractivity contribution in [2.45, 2.75) is 43.5 Å². The minimum atomic E-state index is -3.44. The normalized spacial score (nSPS) is 17.1. The van der Waals surface area contributed by atoms with Gasteiger partial charge in [0.2, 0.25) is 15.8 Å². The molecule has 2 aromatic heterocycles. The molecule has 2 aliphatic rings. The van der Waals surface area contributed by atoms with E-state index in [0.29, 0.717) is 36.8 Å². The Morgan fingerprint density at radius 1 is 1.08 bits per heavy atom. The molecule has 1 saturated heterocycles. The van der Waals surface area contributed by atoms with E-state index in [2.05, 4.69) is 15.1 Å². The zero-order valence-electron chi connectivity index (χ0n) is 20.4. The van der Waals surface area contributed by atoms with Crippen LogP contribution in [0, 0.1) is 0 Å². The zero-order chi connectivity index (χ0) is 25.1. The molecule has 4 heterocycles. The molecule has 0 N–H and O–H groups in total. The van der Waals surface area contributed by atoms with Gasteiger partial charge in [-0.3, -0.25) is 4.90 Å². The minimum Gasteiger partial charge on any atom is -0.460 e. The van der Waals surface area contributed by atoms with Crippen LogP contribution in [-0.2, 0) is 34.8 Å². The number of piperidine rings is 1. The molecule has 2 aliphatic heterocycles. The first-order valence-corrected chi connectivity index (χ1v) is 14.7. The average Bonchev–Trinajstić information content (AvgIpc) is 3.56. The predicted octanol–water partition coefficient (Wildman–Crippen LogP) is 3.32. The molecule has 0 bridgehead atoms. The van der Waals surface area contributed by atoms with E-state index in [-0.39, 0.29) is 12.4 Å². The number of benzene rings is 1. The molecule has 0 saturated carbocycles. The van der Waals surface area contributed by atoms with Crippen molar-refractivity contribution in [3.05, 3.63) is 52.0 Å². The van der Waals surface area contributed by atoms with Gasteiger partial charge in [0.1, 0.15) is 0 Å². The Bertz CT molecular complexity index is 1310. The lowest BCUT2D eigenvalue weighted by Gasteiger charge is -2.30. The maximum atomic E-state index is 13.1. The maximum absolute atomic E-state index is 13.1. The van der Waals surface area contributed by atoms with Gasteiger partial charge in [-0.15, -0.1) is 10.2 Å². The Balaban J connectivity index is 1.14. The molecule has 36 heavy (non-hydrogen) atoms. The number of aromatic nitrogens is 3. The second-order valence-corrected chi connectivity index (χ2v) is 12.0. The van der Waals surface area contributed by atoms with Crippen molar-refractivity contribution in [2.24, 2.45) is 7.05 Å². The lowest BCUT2D eigenvalue weighted by Crippen LogP contribution is -2.36. The van der Waals surface area contributed by atoms with Gasteiger partial charge < -0.3 is 9.30 Å². The number of hydrogen-bond acceptors (Lipinski definition) is 8. The third-order valence-electron chi connectivity index (χ3n) is 6.91. The fourth-order valence-electron chi connectivity index (χ4n) is 4.87. The molecule has 3 aromatic rings. The number of sulfonamides is 1. The van der Waals surface area contributed by atoms with Crippen LogP contribution in [0.2, 0.25) is 0 Å². The van der Waals surface area contributed by atoms with Gasteiger partial charge in [-0.05, 0) is 60.4 Å². The van der Waals surface area contributed by atoms with Crippen LogP contribution < -0.4 is 0 Å².